The third-order valence-electron chi connectivity index (χ3n) is 9.37. The highest BCUT2D eigenvalue weighted by atomic mass is 32.1. The van der Waals surface area contributed by atoms with Crippen molar-refractivity contribution in [3.8, 4) is 49.2 Å². The van der Waals surface area contributed by atoms with Gasteiger partial charge in [0.2, 0.25) is 0 Å². The number of benzene rings is 4. The van der Waals surface area contributed by atoms with E-state index in [1.165, 1.54) is 24.3 Å². The number of hydrogen-bond donors (Lipinski definition) is 3. The van der Waals surface area contributed by atoms with E-state index in [1.807, 2.05) is 50.2 Å². The molecule has 7 rings (SSSR count). The van der Waals surface area contributed by atoms with E-state index in [4.69, 9.17) is 5.73 Å². The number of nitrogens with two attached hydrogens (primary N) is 1. The van der Waals surface area contributed by atoms with Crippen LogP contribution in [0.25, 0.3) is 54.3 Å². The van der Waals surface area contributed by atoms with Crippen molar-refractivity contribution in [2.45, 2.75) is 32.6 Å². The van der Waals surface area contributed by atoms with Crippen molar-refractivity contribution < 1.29 is 26.3 Å². The fourth-order valence-corrected chi connectivity index (χ4v) is 8.50. The maximum absolute atomic E-state index is 13.3. The Morgan fingerprint density at radius 2 is 1.08 bits per heavy atom. The molecule has 4 N–H and O–H groups in total. The van der Waals surface area contributed by atoms with E-state index < -0.39 is 23.5 Å². The molecule has 1 heterocycles. The molecule has 0 spiro atoms. The van der Waals surface area contributed by atoms with Crippen molar-refractivity contribution in [3.05, 3.63) is 130 Å². The second-order valence-corrected chi connectivity index (χ2v) is 13.5. The maximum Gasteiger partial charge on any atom is 0.416 e. The van der Waals surface area contributed by atoms with Gasteiger partial charge in [0, 0.05) is 68.4 Å². The van der Waals surface area contributed by atoms with Crippen LogP contribution in [0.3, 0.4) is 0 Å². The summed E-state index contributed by atoms with van der Waals surface area (Å²) < 4.78 is 80.0. The Kier molecular flexibility index (Phi) is 9.01. The van der Waals surface area contributed by atoms with Crippen LogP contribution < -0.4 is 16.4 Å². The molecule has 2 aliphatic rings. The summed E-state index contributed by atoms with van der Waals surface area (Å²) in [5.41, 5.74) is 15.7. The number of nitriles is 1. The molecular weight excluding hydrogens is 695 g/mol. The highest BCUT2D eigenvalue weighted by molar-refractivity contribution is 7.20. The number of fused-ring (bicyclic) bond motifs is 7. The first-order chi connectivity index (χ1) is 24.9. The lowest BCUT2D eigenvalue weighted by Gasteiger charge is -2.17. The Morgan fingerprint density at radius 1 is 0.635 bits per heavy atom. The predicted octanol–water partition coefficient (Wildman–Crippen LogP) is 10.7. The quantitative estimate of drug-likeness (QED) is 0.108. The molecule has 11 heteroatoms. The molecule has 2 aliphatic carbocycles. The van der Waals surface area contributed by atoms with Crippen LogP contribution in [0, 0.1) is 11.3 Å². The number of allylic oxidation sites excluding steroid dienone is 1. The van der Waals surface area contributed by atoms with Crippen molar-refractivity contribution in [1.29, 1.82) is 5.26 Å². The molecule has 0 unspecified atom stereocenters. The lowest BCUT2D eigenvalue weighted by molar-refractivity contribution is -0.138. The zero-order valence-electron chi connectivity index (χ0n) is 28.1. The number of alkyl halides is 6. The Labute approximate surface area is 300 Å². The second-order valence-electron chi connectivity index (χ2n) is 12.5. The zero-order valence-corrected chi connectivity index (χ0v) is 28.9. The van der Waals surface area contributed by atoms with Gasteiger partial charge in [-0.3, -0.25) is 0 Å². The van der Waals surface area contributed by atoms with Gasteiger partial charge in [-0.25, -0.2) is 0 Å². The second kappa shape index (κ2) is 13.3. The van der Waals surface area contributed by atoms with Crippen LogP contribution in [0.5, 0.6) is 0 Å². The van der Waals surface area contributed by atoms with E-state index >= 15 is 0 Å². The van der Waals surface area contributed by atoms with Crippen molar-refractivity contribution in [3.63, 3.8) is 0 Å². The molecule has 0 atom stereocenters. The smallest absolute Gasteiger partial charge is 0.388 e. The molecule has 0 aliphatic heterocycles. The fraction of sp³-hybridized carbons (Fsp3) is 0.195. The van der Waals surface area contributed by atoms with Gasteiger partial charge in [-0.1, -0.05) is 48.5 Å². The minimum Gasteiger partial charge on any atom is -0.388 e. The average Bonchev–Trinajstić information content (AvgIpc) is 3.75. The normalized spacial score (nSPS) is 15.0. The molecule has 0 saturated heterocycles. The van der Waals surface area contributed by atoms with E-state index in [9.17, 15) is 31.6 Å². The lowest BCUT2D eigenvalue weighted by Crippen LogP contribution is -2.18. The van der Waals surface area contributed by atoms with Crippen LogP contribution in [-0.2, 0) is 12.4 Å². The Bertz CT molecular complexity index is 2300. The number of hydrogen-bond acceptors (Lipinski definition) is 5. The minimum absolute atomic E-state index is 0.363. The molecule has 4 aromatic carbocycles. The number of nitrogens with zero attached hydrogens (tertiary/aromatic N) is 1. The molecular formula is C41H32F6N4S. The van der Waals surface area contributed by atoms with E-state index in [2.05, 4.69) is 16.7 Å². The van der Waals surface area contributed by atoms with Crippen LogP contribution in [0.4, 0.5) is 26.3 Å². The molecule has 5 aromatic rings. The van der Waals surface area contributed by atoms with Gasteiger partial charge in [0.25, 0.3) is 0 Å². The average molecular weight is 727 g/mol. The minimum atomic E-state index is -4.45. The molecule has 0 saturated carbocycles. The van der Waals surface area contributed by atoms with E-state index in [0.717, 1.165) is 84.2 Å². The number of rotatable bonds is 8. The van der Waals surface area contributed by atoms with Crippen molar-refractivity contribution >= 4 is 22.5 Å². The Balaban J connectivity index is 1.43. The van der Waals surface area contributed by atoms with Crippen LogP contribution in [-0.4, -0.2) is 19.6 Å². The third kappa shape index (κ3) is 5.95. The summed E-state index contributed by atoms with van der Waals surface area (Å²) >= 11 is 1.60. The first-order valence-electron chi connectivity index (χ1n) is 16.8. The van der Waals surface area contributed by atoms with E-state index in [-0.39, 0.29) is 0 Å². The topological polar surface area (TPSA) is 73.9 Å². The molecule has 264 valence electrons. The summed E-state index contributed by atoms with van der Waals surface area (Å²) in [5, 5.41) is 17.3. The lowest BCUT2D eigenvalue weighted by atomic mass is 9.91. The van der Waals surface area contributed by atoms with Crippen LogP contribution >= 0.6 is 11.3 Å². The monoisotopic (exact) mass is 726 g/mol. The Hall–Kier alpha value is -5.31. The summed E-state index contributed by atoms with van der Waals surface area (Å²) in [6, 6.07) is 24.2. The van der Waals surface area contributed by atoms with Gasteiger partial charge in [-0.15, -0.1) is 11.3 Å². The number of halogens is 6. The third-order valence-corrected chi connectivity index (χ3v) is 10.6. The van der Waals surface area contributed by atoms with Crippen molar-refractivity contribution in [2.24, 2.45) is 5.73 Å². The van der Waals surface area contributed by atoms with E-state index in [1.54, 1.807) is 11.3 Å². The summed E-state index contributed by atoms with van der Waals surface area (Å²) in [6.45, 7) is 5.36. The van der Waals surface area contributed by atoms with Gasteiger partial charge in [0.15, 0.2) is 0 Å². The summed E-state index contributed by atoms with van der Waals surface area (Å²) in [7, 11) is 0. The van der Waals surface area contributed by atoms with E-state index in [0.29, 0.717) is 54.0 Å². The van der Waals surface area contributed by atoms with Gasteiger partial charge in [-0.2, -0.15) is 31.6 Å². The van der Waals surface area contributed by atoms with Crippen molar-refractivity contribution in [2.75, 3.05) is 19.6 Å². The maximum atomic E-state index is 13.3. The van der Waals surface area contributed by atoms with Crippen LogP contribution in [0.2, 0.25) is 0 Å². The largest absolute Gasteiger partial charge is 0.416 e. The van der Waals surface area contributed by atoms with Gasteiger partial charge in [0.1, 0.15) is 11.8 Å². The summed E-state index contributed by atoms with van der Waals surface area (Å²) in [6.07, 6.45) is -8.37. The van der Waals surface area contributed by atoms with Crippen LogP contribution in [0.1, 0.15) is 53.6 Å². The zero-order chi connectivity index (χ0) is 36.9. The van der Waals surface area contributed by atoms with Gasteiger partial charge in [-0.05, 0) is 90.2 Å². The highest BCUT2D eigenvalue weighted by Crippen LogP contribution is 2.61. The van der Waals surface area contributed by atoms with Gasteiger partial charge in [0.05, 0.1) is 11.1 Å². The molecule has 4 nitrogen and oxygen atoms in total. The molecule has 52 heavy (non-hydrogen) atoms. The number of thiophene rings is 1. The molecule has 0 fully saturated rings. The van der Waals surface area contributed by atoms with Crippen molar-refractivity contribution in [1.82, 2.24) is 10.6 Å². The van der Waals surface area contributed by atoms with Gasteiger partial charge >= 0.3 is 12.4 Å². The Morgan fingerprint density at radius 3 is 1.50 bits per heavy atom. The number of nitrogens with one attached hydrogen (secondary N) is 2. The summed E-state index contributed by atoms with van der Waals surface area (Å²) in [5.74, 6) is 0. The predicted molar refractivity (Wildman–Crippen MR) is 195 cm³/mol. The molecule has 0 radical (unpaired) electrons. The van der Waals surface area contributed by atoms with Gasteiger partial charge < -0.3 is 16.4 Å². The first kappa shape index (κ1) is 35.1. The summed E-state index contributed by atoms with van der Waals surface area (Å²) in [4.78, 5) is 1.98. The molecule has 0 amide bonds. The first-order valence-corrected chi connectivity index (χ1v) is 17.6. The SMILES string of the molecule is CCN/C(C#N)=C1/c2cc(-c3ccc(C(F)(F)F)cc3)ccc2-c2sc3c(c21)/C(=C(\CCN)NCC)c1cc(-c2ccc(C(F)(F)F)cc2)ccc1-3. The highest BCUT2D eigenvalue weighted by Gasteiger charge is 2.40. The van der Waals surface area contributed by atoms with Crippen LogP contribution in [0.15, 0.2) is 96.3 Å². The standard InChI is InChI=1S/C41H32F6N4S/c1-3-50-32(17-18-48)34-30-19-24(22-5-11-26(12-6-22)40(42,43)44)9-15-28(30)38-36(34)37-35(33(21-49)51-4-2)31-20-25(10-16-29(31)39(37)52-38)23-7-13-27(14-8-23)41(45,46)47/h5-16,19-20,50-51H,3-4,17-18,48H2,1-2H3/b34-32+,35-33-. The molecule has 1 aromatic heterocycles. The fourth-order valence-electron chi connectivity index (χ4n) is 7.11. The molecule has 0 bridgehead atoms.